The molecule has 1 aromatic rings. The Kier molecular flexibility index (Phi) is 2.46. The summed E-state index contributed by atoms with van der Waals surface area (Å²) < 4.78 is 0. The lowest BCUT2D eigenvalue weighted by Crippen LogP contribution is -2.20. The van der Waals surface area contributed by atoms with E-state index in [1.807, 2.05) is 26.0 Å². The molecule has 2 heterocycles. The van der Waals surface area contributed by atoms with Gasteiger partial charge in [-0.3, -0.25) is 4.79 Å². The molecule has 1 amide bonds. The van der Waals surface area contributed by atoms with Crippen molar-refractivity contribution in [1.29, 1.82) is 0 Å². The Labute approximate surface area is 87.3 Å². The lowest BCUT2D eigenvalue weighted by molar-refractivity contribution is -0.118. The third-order valence-corrected chi connectivity index (χ3v) is 3.43. The number of carbonyl (C=O) groups excluding carboxylic acids is 1. The van der Waals surface area contributed by atoms with E-state index in [4.69, 9.17) is 0 Å². The van der Waals surface area contributed by atoms with Crippen molar-refractivity contribution < 1.29 is 4.79 Å². The van der Waals surface area contributed by atoms with E-state index in [1.165, 1.54) is 0 Å². The molecule has 1 atom stereocenters. The van der Waals surface area contributed by atoms with Crippen LogP contribution >= 0.6 is 11.8 Å². The predicted molar refractivity (Wildman–Crippen MR) is 57.5 cm³/mol. The summed E-state index contributed by atoms with van der Waals surface area (Å²) in [5.41, 5.74) is 1.83. The zero-order chi connectivity index (χ0) is 10.1. The van der Waals surface area contributed by atoms with E-state index in [1.54, 1.807) is 11.8 Å². The largest absolute Gasteiger partial charge is 0.324 e. The quantitative estimate of drug-likeness (QED) is 0.709. The number of thioether (sulfide) groups is 1. The van der Waals surface area contributed by atoms with E-state index in [2.05, 4.69) is 10.3 Å². The number of hydrogen-bond donors (Lipinski definition) is 1. The van der Waals surface area contributed by atoms with Crippen molar-refractivity contribution in [1.82, 2.24) is 4.98 Å². The number of hydrogen-bond acceptors (Lipinski definition) is 3. The van der Waals surface area contributed by atoms with Gasteiger partial charge in [-0.1, -0.05) is 6.92 Å². The van der Waals surface area contributed by atoms with Crippen LogP contribution in [0.15, 0.2) is 17.2 Å². The summed E-state index contributed by atoms with van der Waals surface area (Å²) >= 11 is 1.64. The van der Waals surface area contributed by atoms with Crippen molar-refractivity contribution in [3.8, 4) is 0 Å². The van der Waals surface area contributed by atoms with Crippen LogP contribution in [0, 0.1) is 12.8 Å². The average Bonchev–Trinajstić information content (AvgIpc) is 2.29. The number of aryl methyl sites for hydroxylation is 1. The number of carbonyl (C=O) groups is 1. The normalized spacial score (nSPS) is 21.0. The van der Waals surface area contributed by atoms with Crippen LogP contribution < -0.4 is 5.32 Å². The fourth-order valence-corrected chi connectivity index (χ4v) is 2.32. The molecule has 1 aromatic heterocycles. The molecule has 0 saturated carbocycles. The molecule has 0 radical (unpaired) electrons. The number of nitrogens with one attached hydrogen (secondary N) is 1. The molecule has 1 aliphatic rings. The van der Waals surface area contributed by atoms with Gasteiger partial charge in [0.05, 0.1) is 5.69 Å². The molecule has 0 saturated heterocycles. The number of rotatable bonds is 0. The Morgan fingerprint density at radius 2 is 2.36 bits per heavy atom. The van der Waals surface area contributed by atoms with Crippen molar-refractivity contribution in [3.63, 3.8) is 0 Å². The van der Waals surface area contributed by atoms with E-state index in [0.717, 1.165) is 22.2 Å². The minimum Gasteiger partial charge on any atom is -0.324 e. The average molecular weight is 208 g/mol. The van der Waals surface area contributed by atoms with Gasteiger partial charge < -0.3 is 5.32 Å². The standard InChI is InChI=1S/C10H12N2OS/c1-6-5-14-10-8(12-9(6)13)4-3-7(2)11-10/h3-4,6H,5H2,1-2H3,(H,12,13). The molecular formula is C10H12N2OS. The summed E-state index contributed by atoms with van der Waals surface area (Å²) in [6, 6.07) is 3.83. The molecule has 1 unspecified atom stereocenters. The highest BCUT2D eigenvalue weighted by Crippen LogP contribution is 2.30. The Bertz CT molecular complexity index is 378. The Morgan fingerprint density at radius 3 is 3.14 bits per heavy atom. The molecule has 3 nitrogen and oxygen atoms in total. The SMILES string of the molecule is Cc1ccc2c(n1)SCC(C)C(=O)N2. The molecule has 0 spiro atoms. The summed E-state index contributed by atoms with van der Waals surface area (Å²) in [7, 11) is 0. The highest BCUT2D eigenvalue weighted by atomic mass is 32.2. The maximum atomic E-state index is 11.5. The fourth-order valence-electron chi connectivity index (χ4n) is 1.27. The van der Waals surface area contributed by atoms with Crippen LogP contribution in [0.4, 0.5) is 5.69 Å². The number of aromatic nitrogens is 1. The van der Waals surface area contributed by atoms with Gasteiger partial charge in [0, 0.05) is 17.4 Å². The van der Waals surface area contributed by atoms with E-state index >= 15 is 0 Å². The van der Waals surface area contributed by atoms with Crippen molar-refractivity contribution in [2.45, 2.75) is 18.9 Å². The summed E-state index contributed by atoms with van der Waals surface area (Å²) in [5, 5.41) is 3.81. The second kappa shape index (κ2) is 3.61. The van der Waals surface area contributed by atoms with Gasteiger partial charge in [-0.05, 0) is 19.1 Å². The molecule has 14 heavy (non-hydrogen) atoms. The molecule has 0 aliphatic carbocycles. The number of pyridine rings is 1. The highest BCUT2D eigenvalue weighted by molar-refractivity contribution is 7.99. The first-order valence-corrected chi connectivity index (χ1v) is 5.56. The lowest BCUT2D eigenvalue weighted by atomic mass is 10.2. The minimum atomic E-state index is 0.0505. The Morgan fingerprint density at radius 1 is 1.57 bits per heavy atom. The van der Waals surface area contributed by atoms with Crippen LogP contribution in [0.1, 0.15) is 12.6 Å². The number of fused-ring (bicyclic) bond motifs is 1. The Hall–Kier alpha value is -1.03. The zero-order valence-corrected chi connectivity index (χ0v) is 9.02. The zero-order valence-electron chi connectivity index (χ0n) is 8.20. The third-order valence-electron chi connectivity index (χ3n) is 2.18. The topological polar surface area (TPSA) is 42.0 Å². The second-order valence-corrected chi connectivity index (χ2v) is 4.52. The molecule has 1 aliphatic heterocycles. The first kappa shape index (κ1) is 9.52. The van der Waals surface area contributed by atoms with Crippen molar-refractivity contribution in [3.05, 3.63) is 17.8 Å². The van der Waals surface area contributed by atoms with Gasteiger partial charge >= 0.3 is 0 Å². The maximum Gasteiger partial charge on any atom is 0.228 e. The molecule has 0 aromatic carbocycles. The van der Waals surface area contributed by atoms with E-state index < -0.39 is 0 Å². The van der Waals surface area contributed by atoms with Gasteiger partial charge in [-0.2, -0.15) is 0 Å². The van der Waals surface area contributed by atoms with Gasteiger partial charge in [-0.15, -0.1) is 11.8 Å². The van der Waals surface area contributed by atoms with Crippen molar-refractivity contribution in [2.24, 2.45) is 5.92 Å². The molecule has 2 rings (SSSR count). The van der Waals surface area contributed by atoms with E-state index in [-0.39, 0.29) is 11.8 Å². The van der Waals surface area contributed by atoms with Gasteiger partial charge in [0.25, 0.3) is 0 Å². The summed E-state index contributed by atoms with van der Waals surface area (Å²) in [4.78, 5) is 15.9. The number of nitrogens with zero attached hydrogens (tertiary/aromatic N) is 1. The summed E-state index contributed by atoms with van der Waals surface area (Å²) in [5.74, 6) is 0.936. The second-order valence-electron chi connectivity index (χ2n) is 3.51. The van der Waals surface area contributed by atoms with Gasteiger partial charge in [-0.25, -0.2) is 4.98 Å². The third kappa shape index (κ3) is 1.75. The smallest absolute Gasteiger partial charge is 0.228 e. The maximum absolute atomic E-state index is 11.5. The molecule has 74 valence electrons. The molecule has 1 N–H and O–H groups in total. The van der Waals surface area contributed by atoms with Gasteiger partial charge in [0.1, 0.15) is 5.03 Å². The van der Waals surface area contributed by atoms with Crippen LogP contribution in [0.3, 0.4) is 0 Å². The van der Waals surface area contributed by atoms with Gasteiger partial charge in [0.15, 0.2) is 0 Å². The van der Waals surface area contributed by atoms with Crippen molar-refractivity contribution in [2.75, 3.05) is 11.1 Å². The molecule has 0 fully saturated rings. The molecular weight excluding hydrogens is 196 g/mol. The molecule has 0 bridgehead atoms. The first-order valence-electron chi connectivity index (χ1n) is 4.58. The van der Waals surface area contributed by atoms with Crippen LogP contribution in [-0.2, 0) is 4.79 Å². The van der Waals surface area contributed by atoms with Crippen LogP contribution in [0.5, 0.6) is 0 Å². The van der Waals surface area contributed by atoms with E-state index in [0.29, 0.717) is 0 Å². The first-order chi connectivity index (χ1) is 6.66. The summed E-state index contributed by atoms with van der Waals surface area (Å²) in [6.45, 7) is 3.89. The monoisotopic (exact) mass is 208 g/mol. The van der Waals surface area contributed by atoms with Crippen LogP contribution in [-0.4, -0.2) is 16.6 Å². The highest BCUT2D eigenvalue weighted by Gasteiger charge is 2.20. The Balaban J connectivity index is 2.37. The lowest BCUT2D eigenvalue weighted by Gasteiger charge is -2.05. The minimum absolute atomic E-state index is 0.0505. The van der Waals surface area contributed by atoms with Crippen molar-refractivity contribution >= 4 is 23.4 Å². The fraction of sp³-hybridized carbons (Fsp3) is 0.400. The van der Waals surface area contributed by atoms with Crippen LogP contribution in [0.25, 0.3) is 0 Å². The van der Waals surface area contributed by atoms with Crippen LogP contribution in [0.2, 0.25) is 0 Å². The molecule has 4 heteroatoms. The van der Waals surface area contributed by atoms with E-state index in [9.17, 15) is 4.79 Å². The summed E-state index contributed by atoms with van der Waals surface area (Å²) in [6.07, 6.45) is 0. The number of anilines is 1. The van der Waals surface area contributed by atoms with Gasteiger partial charge in [0.2, 0.25) is 5.91 Å². The number of amides is 1. The predicted octanol–water partition coefficient (Wildman–Crippen LogP) is 2.07.